The van der Waals surface area contributed by atoms with Crippen LogP contribution in [0.25, 0.3) is 0 Å². The fourth-order valence-corrected chi connectivity index (χ4v) is 4.79. The second-order valence-corrected chi connectivity index (χ2v) is 9.47. The van der Waals surface area contributed by atoms with Gasteiger partial charge in [-0.25, -0.2) is 13.2 Å². The molecule has 7 nitrogen and oxygen atoms in total. The van der Waals surface area contributed by atoms with E-state index in [1.807, 2.05) is 13.8 Å². The summed E-state index contributed by atoms with van der Waals surface area (Å²) >= 11 is 5.79. The van der Waals surface area contributed by atoms with Crippen molar-refractivity contribution in [3.63, 3.8) is 0 Å². The molecule has 0 spiro atoms. The number of halogens is 1. The van der Waals surface area contributed by atoms with E-state index in [2.05, 4.69) is 0 Å². The first-order chi connectivity index (χ1) is 12.1. The molecule has 0 radical (unpaired) electrons. The van der Waals surface area contributed by atoms with Crippen molar-refractivity contribution < 1.29 is 22.7 Å². The smallest absolute Gasteiger partial charge is 0.340 e. The van der Waals surface area contributed by atoms with Gasteiger partial charge in [0, 0.05) is 23.3 Å². The molecule has 1 amide bonds. The third kappa shape index (κ3) is 5.35. The number of hydrogen-bond donors (Lipinski definition) is 1. The van der Waals surface area contributed by atoms with Gasteiger partial charge in [-0.1, -0.05) is 25.4 Å². The van der Waals surface area contributed by atoms with Crippen LogP contribution in [0.5, 0.6) is 0 Å². The maximum atomic E-state index is 12.6. The van der Waals surface area contributed by atoms with Gasteiger partial charge in [0.25, 0.3) is 5.91 Å². The molecule has 0 unspecified atom stereocenters. The number of anilines is 1. The van der Waals surface area contributed by atoms with Gasteiger partial charge in [-0.2, -0.15) is 0 Å². The average molecular weight is 403 g/mol. The molecule has 0 bridgehead atoms. The molecule has 1 aromatic carbocycles. The van der Waals surface area contributed by atoms with Crippen molar-refractivity contribution in [2.45, 2.75) is 26.3 Å². The zero-order valence-electron chi connectivity index (χ0n) is 14.8. The van der Waals surface area contributed by atoms with Gasteiger partial charge in [0.1, 0.15) is 0 Å². The van der Waals surface area contributed by atoms with Crippen LogP contribution in [0.4, 0.5) is 5.69 Å². The second-order valence-electron chi connectivity index (χ2n) is 6.80. The first-order valence-electron chi connectivity index (χ1n) is 8.31. The highest BCUT2D eigenvalue weighted by atomic mass is 35.5. The Morgan fingerprint density at radius 3 is 2.62 bits per heavy atom. The summed E-state index contributed by atoms with van der Waals surface area (Å²) in [6.07, 6.45) is 0.402. The molecule has 2 rings (SSSR count). The van der Waals surface area contributed by atoms with Crippen LogP contribution < -0.4 is 5.73 Å². The minimum absolute atomic E-state index is 0.0520. The fourth-order valence-electron chi connectivity index (χ4n) is 2.88. The standard InChI is InChI=1S/C17H23ClN2O5S/c1-11(2)8-20(13-5-6-26(23,24)10-13)16(21)9-25-17(22)14-4-3-12(18)7-15(14)19/h3-4,7,11,13H,5-6,8-10,19H2,1-2H3/t13-/m1/s1. The zero-order chi connectivity index (χ0) is 19.5. The summed E-state index contributed by atoms with van der Waals surface area (Å²) in [5.41, 5.74) is 6.03. The molecule has 0 aliphatic carbocycles. The maximum Gasteiger partial charge on any atom is 0.340 e. The Balaban J connectivity index is 2.03. The first-order valence-corrected chi connectivity index (χ1v) is 10.5. The van der Waals surface area contributed by atoms with Gasteiger partial charge in [0.05, 0.1) is 17.1 Å². The average Bonchev–Trinajstić information content (AvgIpc) is 2.89. The summed E-state index contributed by atoms with van der Waals surface area (Å²) in [7, 11) is -3.12. The number of rotatable bonds is 6. The highest BCUT2D eigenvalue weighted by molar-refractivity contribution is 7.91. The zero-order valence-corrected chi connectivity index (χ0v) is 16.3. The Morgan fingerprint density at radius 2 is 2.08 bits per heavy atom. The number of benzene rings is 1. The molecule has 144 valence electrons. The van der Waals surface area contributed by atoms with Crippen molar-refractivity contribution >= 4 is 39.0 Å². The van der Waals surface area contributed by atoms with Crippen molar-refractivity contribution in [1.82, 2.24) is 4.90 Å². The molecular formula is C17H23ClN2O5S. The molecule has 9 heteroatoms. The van der Waals surface area contributed by atoms with Gasteiger partial charge in [-0.15, -0.1) is 0 Å². The van der Waals surface area contributed by atoms with Crippen molar-refractivity contribution in [2.24, 2.45) is 5.92 Å². The van der Waals surface area contributed by atoms with Gasteiger partial charge in [-0.05, 0) is 30.5 Å². The third-order valence-corrected chi connectivity index (χ3v) is 6.08. The van der Waals surface area contributed by atoms with Crippen LogP contribution in [0, 0.1) is 5.92 Å². The summed E-state index contributed by atoms with van der Waals surface area (Å²) in [4.78, 5) is 26.2. The quantitative estimate of drug-likeness (QED) is 0.573. The van der Waals surface area contributed by atoms with Crippen LogP contribution >= 0.6 is 11.6 Å². The molecule has 2 N–H and O–H groups in total. The number of nitrogens with zero attached hydrogens (tertiary/aromatic N) is 1. The number of esters is 1. The van der Waals surface area contributed by atoms with Gasteiger partial charge in [0.15, 0.2) is 16.4 Å². The molecule has 1 aromatic rings. The number of sulfone groups is 1. The molecular weight excluding hydrogens is 380 g/mol. The van der Waals surface area contributed by atoms with Crippen molar-refractivity contribution in [3.05, 3.63) is 28.8 Å². The Morgan fingerprint density at radius 1 is 1.38 bits per heavy atom. The topological polar surface area (TPSA) is 107 Å². The van der Waals surface area contributed by atoms with E-state index < -0.39 is 28.3 Å². The Hall–Kier alpha value is -1.80. The predicted molar refractivity (Wildman–Crippen MR) is 99.8 cm³/mol. The minimum atomic E-state index is -3.12. The van der Waals surface area contributed by atoms with E-state index in [0.29, 0.717) is 18.0 Å². The van der Waals surface area contributed by atoms with E-state index in [1.54, 1.807) is 0 Å². The lowest BCUT2D eigenvalue weighted by Gasteiger charge is -2.29. The molecule has 1 aliphatic rings. The largest absolute Gasteiger partial charge is 0.452 e. The first kappa shape index (κ1) is 20.5. The van der Waals surface area contributed by atoms with Crippen LogP contribution in [-0.2, 0) is 19.4 Å². The van der Waals surface area contributed by atoms with Crippen LogP contribution in [0.1, 0.15) is 30.6 Å². The van der Waals surface area contributed by atoms with E-state index >= 15 is 0 Å². The normalized spacial score (nSPS) is 18.7. The third-order valence-electron chi connectivity index (χ3n) is 4.09. The Bertz CT molecular complexity index is 794. The molecule has 26 heavy (non-hydrogen) atoms. The minimum Gasteiger partial charge on any atom is -0.452 e. The molecule has 1 fully saturated rings. The maximum absolute atomic E-state index is 12.6. The van der Waals surface area contributed by atoms with E-state index in [1.165, 1.54) is 23.1 Å². The van der Waals surface area contributed by atoms with E-state index in [9.17, 15) is 18.0 Å². The van der Waals surface area contributed by atoms with Gasteiger partial charge in [-0.3, -0.25) is 4.79 Å². The summed E-state index contributed by atoms with van der Waals surface area (Å²) in [5.74, 6) is -0.966. The van der Waals surface area contributed by atoms with Crippen LogP contribution in [0.3, 0.4) is 0 Å². The fraction of sp³-hybridized carbons (Fsp3) is 0.529. The predicted octanol–water partition coefficient (Wildman–Crippen LogP) is 1.75. The van der Waals surface area contributed by atoms with Crippen LogP contribution in [0.2, 0.25) is 5.02 Å². The number of nitrogens with two attached hydrogens (primary N) is 1. The Labute approximate surface area is 158 Å². The number of hydrogen-bond acceptors (Lipinski definition) is 6. The van der Waals surface area contributed by atoms with E-state index in [4.69, 9.17) is 22.1 Å². The lowest BCUT2D eigenvalue weighted by atomic mass is 10.1. The lowest BCUT2D eigenvalue weighted by Crippen LogP contribution is -2.45. The van der Waals surface area contributed by atoms with Gasteiger partial charge in [0.2, 0.25) is 0 Å². The lowest BCUT2D eigenvalue weighted by molar-refractivity contribution is -0.137. The molecule has 1 atom stereocenters. The van der Waals surface area contributed by atoms with Gasteiger partial charge >= 0.3 is 5.97 Å². The molecule has 1 saturated heterocycles. The molecule has 1 heterocycles. The number of nitrogen functional groups attached to an aromatic ring is 1. The van der Waals surface area contributed by atoms with Crippen molar-refractivity contribution in [1.29, 1.82) is 0 Å². The second kappa shape index (κ2) is 8.26. The van der Waals surface area contributed by atoms with E-state index in [-0.39, 0.29) is 34.7 Å². The monoisotopic (exact) mass is 402 g/mol. The SMILES string of the molecule is CC(C)CN(C(=O)COC(=O)c1ccc(Cl)cc1N)[C@@H]1CCS(=O)(=O)C1. The summed E-state index contributed by atoms with van der Waals surface area (Å²) in [5, 5.41) is 0.390. The molecule has 0 saturated carbocycles. The van der Waals surface area contributed by atoms with Crippen LogP contribution in [-0.4, -0.2) is 55.9 Å². The summed E-state index contributed by atoms with van der Waals surface area (Å²) in [6, 6.07) is 3.98. The van der Waals surface area contributed by atoms with Gasteiger partial charge < -0.3 is 15.4 Å². The Kier molecular flexibility index (Phi) is 6.52. The van der Waals surface area contributed by atoms with Crippen molar-refractivity contribution in [2.75, 3.05) is 30.4 Å². The summed E-state index contributed by atoms with van der Waals surface area (Å²) in [6.45, 7) is 3.80. The number of ether oxygens (including phenoxy) is 1. The highest BCUT2D eigenvalue weighted by Gasteiger charge is 2.35. The van der Waals surface area contributed by atoms with E-state index in [0.717, 1.165) is 0 Å². The molecule has 0 aromatic heterocycles. The summed E-state index contributed by atoms with van der Waals surface area (Å²) < 4.78 is 28.5. The molecule has 1 aliphatic heterocycles. The van der Waals surface area contributed by atoms with Crippen LogP contribution in [0.15, 0.2) is 18.2 Å². The number of carbonyl (C=O) groups is 2. The van der Waals surface area contributed by atoms with Crippen molar-refractivity contribution in [3.8, 4) is 0 Å². The number of amides is 1. The highest BCUT2D eigenvalue weighted by Crippen LogP contribution is 2.21. The number of carbonyl (C=O) groups excluding carboxylic acids is 2.